The van der Waals surface area contributed by atoms with Crippen LogP contribution in [0.2, 0.25) is 0 Å². The van der Waals surface area contributed by atoms with E-state index in [0.29, 0.717) is 6.04 Å². The first kappa shape index (κ1) is 13.7. The number of hydrogen-bond acceptors (Lipinski definition) is 2. The molecule has 0 radical (unpaired) electrons. The molecule has 0 rings (SSSR count). The van der Waals surface area contributed by atoms with Crippen LogP contribution in [0.1, 0.15) is 33.6 Å². The van der Waals surface area contributed by atoms with Gasteiger partial charge in [-0.25, -0.2) is 0 Å². The van der Waals surface area contributed by atoms with Crippen LogP contribution in [0.15, 0.2) is 0 Å². The minimum Gasteiger partial charge on any atom is -0.381 e. The molecule has 0 aliphatic carbocycles. The number of rotatable bonds is 7. The molecule has 0 aliphatic rings. The Bertz CT molecular complexity index is 151. The number of hydrogen-bond donors (Lipinski definition) is 2. The molecular formula is C10H22N2OS. The molecule has 0 saturated heterocycles. The van der Waals surface area contributed by atoms with Crippen LogP contribution in [0.3, 0.4) is 0 Å². The molecule has 0 heterocycles. The summed E-state index contributed by atoms with van der Waals surface area (Å²) < 4.78 is 5.34. The third-order valence-corrected chi connectivity index (χ3v) is 1.78. The van der Waals surface area contributed by atoms with E-state index in [1.807, 2.05) is 0 Å². The van der Waals surface area contributed by atoms with Crippen LogP contribution in [0.25, 0.3) is 0 Å². The fraction of sp³-hybridized carbons (Fsp3) is 0.900. The van der Waals surface area contributed by atoms with Gasteiger partial charge in [0.05, 0.1) is 0 Å². The van der Waals surface area contributed by atoms with Crippen molar-refractivity contribution in [2.75, 3.05) is 19.8 Å². The van der Waals surface area contributed by atoms with Crippen LogP contribution in [0.5, 0.6) is 0 Å². The van der Waals surface area contributed by atoms with E-state index in [0.717, 1.165) is 37.7 Å². The zero-order valence-corrected chi connectivity index (χ0v) is 10.2. The van der Waals surface area contributed by atoms with Crippen molar-refractivity contribution in [1.82, 2.24) is 10.6 Å². The topological polar surface area (TPSA) is 33.3 Å². The largest absolute Gasteiger partial charge is 0.381 e. The van der Waals surface area contributed by atoms with Crippen molar-refractivity contribution in [3.8, 4) is 0 Å². The van der Waals surface area contributed by atoms with Crippen LogP contribution in [0, 0.1) is 0 Å². The lowest BCUT2D eigenvalue weighted by molar-refractivity contribution is 0.133. The summed E-state index contributed by atoms with van der Waals surface area (Å²) >= 11 is 5.07. The van der Waals surface area contributed by atoms with Crippen LogP contribution in [-0.4, -0.2) is 30.9 Å². The summed E-state index contributed by atoms with van der Waals surface area (Å²) in [6, 6.07) is 0.395. The number of ether oxygens (including phenoxy) is 1. The summed E-state index contributed by atoms with van der Waals surface area (Å²) in [7, 11) is 0. The van der Waals surface area contributed by atoms with E-state index in [-0.39, 0.29) is 0 Å². The quantitative estimate of drug-likeness (QED) is 0.503. The highest BCUT2D eigenvalue weighted by Gasteiger charge is 1.96. The Morgan fingerprint density at radius 3 is 2.64 bits per heavy atom. The summed E-state index contributed by atoms with van der Waals surface area (Å²) in [5, 5.41) is 6.99. The zero-order valence-electron chi connectivity index (χ0n) is 9.43. The predicted molar refractivity (Wildman–Crippen MR) is 64.6 cm³/mol. The minimum absolute atomic E-state index is 0.395. The molecule has 0 aromatic heterocycles. The SMILES string of the molecule is CCCOCCCNC(=S)NC(C)C. The molecule has 0 unspecified atom stereocenters. The maximum atomic E-state index is 5.34. The Labute approximate surface area is 92.6 Å². The second-order valence-electron chi connectivity index (χ2n) is 3.52. The summed E-state index contributed by atoms with van der Waals surface area (Å²) in [4.78, 5) is 0. The van der Waals surface area contributed by atoms with Crippen LogP contribution < -0.4 is 10.6 Å². The maximum absolute atomic E-state index is 5.34. The fourth-order valence-corrected chi connectivity index (χ4v) is 1.27. The van der Waals surface area contributed by atoms with E-state index < -0.39 is 0 Å². The van der Waals surface area contributed by atoms with Gasteiger partial charge in [-0.3, -0.25) is 0 Å². The first-order valence-electron chi connectivity index (χ1n) is 5.29. The molecule has 0 saturated carbocycles. The van der Waals surface area contributed by atoms with Crippen molar-refractivity contribution in [3.05, 3.63) is 0 Å². The molecule has 4 heteroatoms. The Kier molecular flexibility index (Phi) is 8.98. The van der Waals surface area contributed by atoms with Gasteiger partial charge in [0.15, 0.2) is 5.11 Å². The fourth-order valence-electron chi connectivity index (χ4n) is 0.936. The minimum atomic E-state index is 0.395. The highest BCUT2D eigenvalue weighted by molar-refractivity contribution is 7.80. The summed E-state index contributed by atoms with van der Waals surface area (Å²) in [5.41, 5.74) is 0. The van der Waals surface area contributed by atoms with Gasteiger partial charge >= 0.3 is 0 Å². The Morgan fingerprint density at radius 2 is 2.07 bits per heavy atom. The molecule has 14 heavy (non-hydrogen) atoms. The Balaban J connectivity index is 3.15. The normalized spacial score (nSPS) is 10.3. The molecule has 0 bridgehead atoms. The third kappa shape index (κ3) is 9.74. The van der Waals surface area contributed by atoms with Gasteiger partial charge in [-0.1, -0.05) is 6.92 Å². The molecule has 0 atom stereocenters. The summed E-state index contributed by atoms with van der Waals surface area (Å²) in [5.74, 6) is 0. The van der Waals surface area contributed by atoms with E-state index in [2.05, 4.69) is 31.4 Å². The van der Waals surface area contributed by atoms with Crippen LogP contribution in [-0.2, 0) is 4.74 Å². The average Bonchev–Trinajstić information content (AvgIpc) is 2.10. The molecule has 0 amide bonds. The van der Waals surface area contributed by atoms with Crippen molar-refractivity contribution in [2.45, 2.75) is 39.7 Å². The number of thiocarbonyl (C=S) groups is 1. The van der Waals surface area contributed by atoms with Gasteiger partial charge in [-0.2, -0.15) is 0 Å². The van der Waals surface area contributed by atoms with E-state index in [4.69, 9.17) is 17.0 Å². The first-order chi connectivity index (χ1) is 6.66. The average molecular weight is 218 g/mol. The highest BCUT2D eigenvalue weighted by Crippen LogP contribution is 1.84. The van der Waals surface area contributed by atoms with Gasteiger partial charge in [0.1, 0.15) is 0 Å². The van der Waals surface area contributed by atoms with E-state index in [1.54, 1.807) is 0 Å². The van der Waals surface area contributed by atoms with Crippen LogP contribution >= 0.6 is 12.2 Å². The van der Waals surface area contributed by atoms with Gasteiger partial charge in [-0.15, -0.1) is 0 Å². The predicted octanol–water partition coefficient (Wildman–Crippen LogP) is 1.68. The Morgan fingerprint density at radius 1 is 1.36 bits per heavy atom. The van der Waals surface area contributed by atoms with Crippen molar-refractivity contribution in [3.63, 3.8) is 0 Å². The smallest absolute Gasteiger partial charge is 0.166 e. The van der Waals surface area contributed by atoms with Gasteiger partial charge in [-0.05, 0) is 38.9 Å². The van der Waals surface area contributed by atoms with E-state index >= 15 is 0 Å². The van der Waals surface area contributed by atoms with Crippen LogP contribution in [0.4, 0.5) is 0 Å². The maximum Gasteiger partial charge on any atom is 0.166 e. The highest BCUT2D eigenvalue weighted by atomic mass is 32.1. The first-order valence-corrected chi connectivity index (χ1v) is 5.69. The van der Waals surface area contributed by atoms with Crippen molar-refractivity contribution >= 4 is 17.3 Å². The monoisotopic (exact) mass is 218 g/mol. The van der Waals surface area contributed by atoms with E-state index in [9.17, 15) is 0 Å². The molecule has 0 fully saturated rings. The van der Waals surface area contributed by atoms with E-state index in [1.165, 1.54) is 0 Å². The van der Waals surface area contributed by atoms with Gasteiger partial charge < -0.3 is 15.4 Å². The second kappa shape index (κ2) is 9.21. The van der Waals surface area contributed by atoms with Crippen molar-refractivity contribution in [1.29, 1.82) is 0 Å². The molecule has 2 N–H and O–H groups in total. The van der Waals surface area contributed by atoms with Gasteiger partial charge in [0.2, 0.25) is 0 Å². The standard InChI is InChI=1S/C10H22N2OS/c1-4-7-13-8-5-6-11-10(14)12-9(2)3/h9H,4-8H2,1-3H3,(H2,11,12,14). The Hall–Kier alpha value is -0.350. The molecule has 0 aromatic rings. The second-order valence-corrected chi connectivity index (χ2v) is 3.93. The molecule has 0 spiro atoms. The number of nitrogens with one attached hydrogen (secondary N) is 2. The molecule has 3 nitrogen and oxygen atoms in total. The van der Waals surface area contributed by atoms with Gasteiger partial charge in [0.25, 0.3) is 0 Å². The van der Waals surface area contributed by atoms with Crippen molar-refractivity contribution < 1.29 is 4.74 Å². The lowest BCUT2D eigenvalue weighted by Crippen LogP contribution is -2.39. The van der Waals surface area contributed by atoms with Gasteiger partial charge in [0, 0.05) is 25.8 Å². The molecule has 0 aliphatic heterocycles. The third-order valence-electron chi connectivity index (χ3n) is 1.52. The zero-order chi connectivity index (χ0) is 10.8. The lowest BCUT2D eigenvalue weighted by Gasteiger charge is -2.12. The summed E-state index contributed by atoms with van der Waals surface area (Å²) in [6.07, 6.45) is 2.08. The van der Waals surface area contributed by atoms with Crippen molar-refractivity contribution in [2.24, 2.45) is 0 Å². The molecular weight excluding hydrogens is 196 g/mol. The molecule has 0 aromatic carbocycles. The lowest BCUT2D eigenvalue weighted by atomic mass is 10.4. The summed E-state index contributed by atoms with van der Waals surface area (Å²) in [6.45, 7) is 8.79. The molecule has 84 valence electrons.